The first-order valence-electron chi connectivity index (χ1n) is 16.3. The van der Waals surface area contributed by atoms with Crippen molar-refractivity contribution >= 4 is 51.5 Å². The fourth-order valence-corrected chi connectivity index (χ4v) is 7.50. The smallest absolute Gasteiger partial charge is 0.338 e. The largest absolute Gasteiger partial charge is 0.497 e. The third-order valence-corrected chi connectivity index (χ3v) is 9.87. The lowest BCUT2D eigenvalue weighted by Crippen LogP contribution is -2.40. The van der Waals surface area contributed by atoms with Gasteiger partial charge in [0.25, 0.3) is 5.56 Å². The molecule has 0 amide bonds. The average molecular weight is 717 g/mol. The summed E-state index contributed by atoms with van der Waals surface area (Å²) in [6.45, 7) is 2.19. The molecule has 1 atom stereocenters. The fourth-order valence-electron chi connectivity index (χ4n) is 6.22. The van der Waals surface area contributed by atoms with E-state index in [-0.39, 0.29) is 24.3 Å². The molecular formula is C41H33ClN2O6S. The molecule has 1 aromatic heterocycles. The van der Waals surface area contributed by atoms with E-state index in [0.717, 1.165) is 21.9 Å². The van der Waals surface area contributed by atoms with Crippen molar-refractivity contribution in [1.82, 2.24) is 4.57 Å². The number of rotatable bonds is 10. The Morgan fingerprint density at radius 3 is 2.41 bits per heavy atom. The van der Waals surface area contributed by atoms with E-state index in [1.54, 1.807) is 56.1 Å². The van der Waals surface area contributed by atoms with Crippen molar-refractivity contribution in [3.8, 4) is 17.2 Å². The van der Waals surface area contributed by atoms with Crippen molar-refractivity contribution in [2.24, 2.45) is 4.99 Å². The van der Waals surface area contributed by atoms with Crippen molar-refractivity contribution in [3.63, 3.8) is 0 Å². The summed E-state index contributed by atoms with van der Waals surface area (Å²) in [6, 6.07) is 33.6. The summed E-state index contributed by atoms with van der Waals surface area (Å²) >= 11 is 8.03. The van der Waals surface area contributed by atoms with Gasteiger partial charge >= 0.3 is 5.97 Å². The average Bonchev–Trinajstić information content (AvgIpc) is 3.47. The number of hydrogen-bond donors (Lipinski definition) is 0. The summed E-state index contributed by atoms with van der Waals surface area (Å²) in [7, 11) is 3.13. The Kier molecular flexibility index (Phi) is 9.74. The number of ether oxygens (including phenoxy) is 4. The van der Waals surface area contributed by atoms with E-state index in [1.807, 2.05) is 66.7 Å². The lowest BCUT2D eigenvalue weighted by Gasteiger charge is -2.26. The van der Waals surface area contributed by atoms with Crippen molar-refractivity contribution < 1.29 is 23.7 Å². The molecule has 0 aliphatic carbocycles. The molecule has 0 bridgehead atoms. The van der Waals surface area contributed by atoms with Crippen LogP contribution in [0, 0.1) is 0 Å². The summed E-state index contributed by atoms with van der Waals surface area (Å²) in [6.07, 6.45) is 1.74. The van der Waals surface area contributed by atoms with Crippen molar-refractivity contribution in [3.05, 3.63) is 162 Å². The van der Waals surface area contributed by atoms with Crippen LogP contribution in [0.15, 0.2) is 125 Å². The monoisotopic (exact) mass is 716 g/mol. The van der Waals surface area contributed by atoms with Crippen LogP contribution in [0.25, 0.3) is 22.5 Å². The highest BCUT2D eigenvalue weighted by atomic mass is 35.5. The van der Waals surface area contributed by atoms with E-state index in [0.29, 0.717) is 48.4 Å². The SMILES string of the molecule is CCOC(=O)C1=C(c2ccccc2)N=c2s/c(=C\c3cc(Cl)c(OCc4cccc5ccccc45)c(OC)c3)c(=O)n2[C@H]1c1ccc(OC)cc1. The number of hydrogen-bond acceptors (Lipinski definition) is 8. The molecule has 256 valence electrons. The van der Waals surface area contributed by atoms with Gasteiger partial charge in [-0.05, 0) is 64.7 Å². The number of thiazole rings is 1. The summed E-state index contributed by atoms with van der Waals surface area (Å²) < 4.78 is 24.8. The second kappa shape index (κ2) is 14.7. The Hall–Kier alpha value is -5.64. The quantitative estimate of drug-likeness (QED) is 0.138. The van der Waals surface area contributed by atoms with E-state index in [1.165, 1.54) is 11.3 Å². The first kappa shape index (κ1) is 33.8. The molecule has 0 saturated carbocycles. The zero-order chi connectivity index (χ0) is 35.5. The van der Waals surface area contributed by atoms with Crippen LogP contribution >= 0.6 is 22.9 Å². The summed E-state index contributed by atoms with van der Waals surface area (Å²) in [4.78, 5) is 33.4. The third-order valence-electron chi connectivity index (χ3n) is 8.61. The third kappa shape index (κ3) is 6.66. The molecule has 1 aliphatic rings. The molecule has 5 aromatic carbocycles. The maximum Gasteiger partial charge on any atom is 0.338 e. The van der Waals surface area contributed by atoms with Crippen LogP contribution in [0.1, 0.15) is 35.2 Å². The molecule has 0 saturated heterocycles. The number of methoxy groups -OCH3 is 2. The highest BCUT2D eigenvalue weighted by molar-refractivity contribution is 7.07. The maximum absolute atomic E-state index is 14.4. The lowest BCUT2D eigenvalue weighted by molar-refractivity contribution is -0.138. The zero-order valence-electron chi connectivity index (χ0n) is 28.1. The number of carbonyl (C=O) groups is 1. The van der Waals surface area contributed by atoms with Crippen molar-refractivity contribution in [1.29, 1.82) is 0 Å². The van der Waals surface area contributed by atoms with Crippen LogP contribution in [-0.2, 0) is 16.1 Å². The molecule has 6 aromatic rings. The Morgan fingerprint density at radius 2 is 1.67 bits per heavy atom. The predicted octanol–water partition coefficient (Wildman–Crippen LogP) is 7.34. The Labute approximate surface area is 303 Å². The predicted molar refractivity (Wildman–Crippen MR) is 200 cm³/mol. The molecule has 0 unspecified atom stereocenters. The first-order valence-corrected chi connectivity index (χ1v) is 17.5. The van der Waals surface area contributed by atoms with Gasteiger partial charge in [-0.2, -0.15) is 0 Å². The number of nitrogens with zero attached hydrogens (tertiary/aromatic N) is 2. The van der Waals surface area contributed by atoms with Crippen LogP contribution in [-0.4, -0.2) is 31.4 Å². The highest BCUT2D eigenvalue weighted by Gasteiger charge is 2.35. The minimum Gasteiger partial charge on any atom is -0.497 e. The van der Waals surface area contributed by atoms with Gasteiger partial charge in [0.1, 0.15) is 12.4 Å². The van der Waals surface area contributed by atoms with E-state index >= 15 is 0 Å². The number of benzene rings is 5. The summed E-state index contributed by atoms with van der Waals surface area (Å²) in [5.74, 6) is 0.919. The number of halogens is 1. The van der Waals surface area contributed by atoms with Crippen molar-refractivity contribution in [2.75, 3.05) is 20.8 Å². The van der Waals surface area contributed by atoms with Gasteiger partial charge in [0.15, 0.2) is 16.3 Å². The van der Waals surface area contributed by atoms with Crippen LogP contribution in [0.3, 0.4) is 0 Å². The van der Waals surface area contributed by atoms with Gasteiger partial charge in [0.2, 0.25) is 0 Å². The van der Waals surface area contributed by atoms with E-state index in [9.17, 15) is 9.59 Å². The van der Waals surface area contributed by atoms with Crippen LogP contribution in [0.4, 0.5) is 0 Å². The molecular weight excluding hydrogens is 684 g/mol. The molecule has 0 radical (unpaired) electrons. The fraction of sp³-hybridized carbons (Fsp3) is 0.146. The van der Waals surface area contributed by atoms with E-state index in [2.05, 4.69) is 18.2 Å². The minimum absolute atomic E-state index is 0.161. The van der Waals surface area contributed by atoms with Gasteiger partial charge in [-0.1, -0.05) is 108 Å². The molecule has 0 spiro atoms. The summed E-state index contributed by atoms with van der Waals surface area (Å²) in [5, 5.41) is 2.55. The van der Waals surface area contributed by atoms with Gasteiger partial charge in [0, 0.05) is 5.56 Å². The molecule has 1 aliphatic heterocycles. The van der Waals surface area contributed by atoms with Gasteiger partial charge in [0.05, 0.1) is 47.7 Å². The number of carbonyl (C=O) groups excluding carboxylic acids is 1. The molecule has 0 fully saturated rings. The lowest BCUT2D eigenvalue weighted by atomic mass is 9.93. The van der Waals surface area contributed by atoms with Gasteiger partial charge in [-0.25, -0.2) is 9.79 Å². The molecule has 51 heavy (non-hydrogen) atoms. The summed E-state index contributed by atoms with van der Waals surface area (Å²) in [5.41, 5.74) is 3.47. The highest BCUT2D eigenvalue weighted by Crippen LogP contribution is 2.38. The normalized spacial score (nSPS) is 14.2. The van der Waals surface area contributed by atoms with E-state index < -0.39 is 12.0 Å². The van der Waals surface area contributed by atoms with Crippen LogP contribution in [0.2, 0.25) is 5.02 Å². The minimum atomic E-state index is -0.813. The van der Waals surface area contributed by atoms with Gasteiger partial charge in [-0.3, -0.25) is 9.36 Å². The second-order valence-corrected chi connectivity index (χ2v) is 13.1. The molecule has 7 rings (SSSR count). The molecule has 0 N–H and O–H groups in total. The first-order chi connectivity index (χ1) is 24.9. The molecule has 2 heterocycles. The number of aromatic nitrogens is 1. The Balaban J connectivity index is 1.33. The van der Waals surface area contributed by atoms with Gasteiger partial charge in [-0.15, -0.1) is 0 Å². The second-order valence-electron chi connectivity index (χ2n) is 11.7. The zero-order valence-corrected chi connectivity index (χ0v) is 29.7. The Morgan fingerprint density at radius 1 is 0.922 bits per heavy atom. The van der Waals surface area contributed by atoms with Crippen LogP contribution in [0.5, 0.6) is 17.2 Å². The molecule has 10 heteroatoms. The Bertz CT molecular complexity index is 2470. The van der Waals surface area contributed by atoms with Crippen LogP contribution < -0.4 is 29.1 Å². The number of fused-ring (bicyclic) bond motifs is 2. The standard InChI is InChI=1S/C41H33ClN2O6S/c1-4-49-40(46)35-36(27-12-6-5-7-13-27)43-41-44(37(35)28-17-19-30(47-2)20-18-28)39(45)34(51-41)23-25-21-32(42)38(33(22-25)48-3)50-24-29-15-10-14-26-11-8-9-16-31(26)29/h5-23,37H,4,24H2,1-3H3/b34-23-/t37-/m0/s1. The van der Waals surface area contributed by atoms with Crippen molar-refractivity contribution in [2.45, 2.75) is 19.6 Å². The number of esters is 1. The maximum atomic E-state index is 14.4. The van der Waals surface area contributed by atoms with Gasteiger partial charge < -0.3 is 18.9 Å². The van der Waals surface area contributed by atoms with E-state index in [4.69, 9.17) is 35.5 Å². The molecule has 8 nitrogen and oxygen atoms in total. The topological polar surface area (TPSA) is 88.4 Å².